The van der Waals surface area contributed by atoms with E-state index < -0.39 is 11.5 Å². The van der Waals surface area contributed by atoms with Crippen LogP contribution < -0.4 is 59.1 Å². The molecule has 0 spiro atoms. The molecule has 0 nitrogen and oxygen atoms in total. The summed E-state index contributed by atoms with van der Waals surface area (Å²) in [6.07, 6.45) is 0. The molecule has 0 fully saturated rings. The molecule has 0 bridgehead atoms. The Bertz CT molecular complexity index is 25.2. The molecule has 0 saturated carbocycles. The van der Waals surface area contributed by atoms with Gasteiger partial charge in [-0.25, -0.2) is 0 Å². The van der Waals surface area contributed by atoms with Crippen LogP contribution in [0.5, 0.6) is 0 Å². The molecule has 0 heterocycles. The molecule has 0 aliphatic carbocycles. The van der Waals surface area contributed by atoms with E-state index in [4.69, 9.17) is 38.1 Å². The van der Waals surface area contributed by atoms with Gasteiger partial charge in [0.2, 0.25) is 0 Å². The number of hydrogen-bond donors (Lipinski definition) is 0. The van der Waals surface area contributed by atoms with Crippen LogP contribution in [-0.2, 0) is 11.5 Å². The molecule has 0 radical (unpaired) electrons. The normalized spacial score (nSPS) is 10.9. The summed E-state index contributed by atoms with van der Waals surface area (Å²) >= 11 is -2.81. The van der Waals surface area contributed by atoms with Crippen LogP contribution in [0.3, 0.4) is 0 Å². The van der Waals surface area contributed by atoms with Gasteiger partial charge in [0, 0.05) is 0 Å². The predicted octanol–water partition coefficient (Wildman–Crippen LogP) is -3.24. The molecule has 0 amide bonds. The van der Waals surface area contributed by atoms with Crippen molar-refractivity contribution >= 4 is 38.1 Å². The molecule has 7 heavy (non-hydrogen) atoms. The maximum Gasteiger partial charge on any atom is 1.00 e. The number of rotatable bonds is 0. The largest absolute Gasteiger partial charge is 1.00 e. The van der Waals surface area contributed by atoms with Crippen LogP contribution in [0.1, 0.15) is 0 Å². The molecular weight excluding hydrogens is 294 g/mol. The first-order chi connectivity index (χ1) is 2.00. The zero-order valence-electron chi connectivity index (χ0n) is 3.83. The fraction of sp³-hybridized carbons (Fsp3) is 0. The van der Waals surface area contributed by atoms with Gasteiger partial charge in [0.1, 0.15) is 0 Å². The van der Waals surface area contributed by atoms with E-state index in [1.165, 1.54) is 0 Å². The second-order valence-corrected chi connectivity index (χ2v) is 14.4. The van der Waals surface area contributed by atoms with E-state index in [1.807, 2.05) is 0 Å². The Morgan fingerprint density at radius 1 is 0.714 bits per heavy atom. The SMILES string of the molecule is [Cl][Pd]([Cl])([Cl])[Cl].[Na+].[Na+]. The van der Waals surface area contributed by atoms with E-state index in [-0.39, 0.29) is 59.1 Å². The van der Waals surface area contributed by atoms with Gasteiger partial charge in [-0.2, -0.15) is 0 Å². The molecule has 0 N–H and O–H groups in total. The van der Waals surface area contributed by atoms with Gasteiger partial charge in [-0.15, -0.1) is 0 Å². The second-order valence-electron chi connectivity index (χ2n) is 0.271. The summed E-state index contributed by atoms with van der Waals surface area (Å²) < 4.78 is 0. The Balaban J connectivity index is -0.0000000800. The van der Waals surface area contributed by atoms with E-state index >= 15 is 0 Å². The number of halogens is 4. The van der Waals surface area contributed by atoms with Gasteiger partial charge in [-0.05, 0) is 0 Å². The summed E-state index contributed by atoms with van der Waals surface area (Å²) in [5.41, 5.74) is 0. The monoisotopic (exact) mass is 292 g/mol. The van der Waals surface area contributed by atoms with Crippen molar-refractivity contribution < 1.29 is 70.6 Å². The third kappa shape index (κ3) is 41.1. The van der Waals surface area contributed by atoms with Crippen molar-refractivity contribution in [3.8, 4) is 0 Å². The van der Waals surface area contributed by atoms with Gasteiger partial charge in [0.05, 0.1) is 0 Å². The van der Waals surface area contributed by atoms with E-state index in [0.717, 1.165) is 0 Å². The van der Waals surface area contributed by atoms with Gasteiger partial charge in [0.15, 0.2) is 0 Å². The average molecular weight is 294 g/mol. The van der Waals surface area contributed by atoms with E-state index in [2.05, 4.69) is 0 Å². The van der Waals surface area contributed by atoms with E-state index in [9.17, 15) is 0 Å². The van der Waals surface area contributed by atoms with Crippen LogP contribution in [0.25, 0.3) is 0 Å². The molecule has 0 aromatic carbocycles. The molecule has 0 saturated heterocycles. The maximum atomic E-state index is 4.98. The molecular formula is Cl4Na2Pd+2. The molecule has 0 aliphatic rings. The van der Waals surface area contributed by atoms with Crippen molar-refractivity contribution in [3.05, 3.63) is 0 Å². The zero-order valence-corrected chi connectivity index (χ0v) is 12.4. The molecule has 7 heteroatoms. The van der Waals surface area contributed by atoms with Gasteiger partial charge in [-0.1, -0.05) is 0 Å². The van der Waals surface area contributed by atoms with Crippen LogP contribution in [0.4, 0.5) is 0 Å². The standard InChI is InChI=1S/4ClH.2Na.Pd/h4*1H;;;/q;;;;2*+1;+4/p-4. The Labute approximate surface area is 106 Å². The third-order valence-corrected chi connectivity index (χ3v) is 0. The van der Waals surface area contributed by atoms with Crippen molar-refractivity contribution in [2.24, 2.45) is 0 Å². The molecule has 0 rings (SSSR count). The quantitative estimate of drug-likeness (QED) is 0.412. The summed E-state index contributed by atoms with van der Waals surface area (Å²) in [7, 11) is 19.9. The fourth-order valence-corrected chi connectivity index (χ4v) is 0. The fourth-order valence-electron chi connectivity index (χ4n) is 0. The first-order valence-electron chi connectivity index (χ1n) is 0.478. The van der Waals surface area contributed by atoms with Crippen LogP contribution >= 0.6 is 38.1 Å². The Kier molecular flexibility index (Phi) is 19.3. The zero-order chi connectivity index (χ0) is 4.50. The van der Waals surface area contributed by atoms with Gasteiger partial charge in [0.25, 0.3) is 0 Å². The minimum atomic E-state index is -2.81. The molecule has 0 unspecified atom stereocenters. The van der Waals surface area contributed by atoms with Crippen molar-refractivity contribution in [2.75, 3.05) is 0 Å². The summed E-state index contributed by atoms with van der Waals surface area (Å²) in [4.78, 5) is 0. The minimum Gasteiger partial charge on any atom is 1.00 e. The van der Waals surface area contributed by atoms with Crippen molar-refractivity contribution in [3.63, 3.8) is 0 Å². The Morgan fingerprint density at radius 3 is 0.714 bits per heavy atom. The van der Waals surface area contributed by atoms with Crippen LogP contribution in [-0.4, -0.2) is 0 Å². The van der Waals surface area contributed by atoms with Gasteiger partial charge in [-0.3, -0.25) is 0 Å². The molecule has 0 aromatic heterocycles. The van der Waals surface area contributed by atoms with E-state index in [0.29, 0.717) is 0 Å². The number of hydrogen-bond acceptors (Lipinski definition) is 0. The van der Waals surface area contributed by atoms with Gasteiger partial charge < -0.3 is 0 Å². The molecule has 0 aliphatic heterocycles. The third-order valence-electron chi connectivity index (χ3n) is 0. The first kappa shape index (κ1) is 17.1. The van der Waals surface area contributed by atoms with Crippen molar-refractivity contribution in [2.45, 2.75) is 0 Å². The van der Waals surface area contributed by atoms with Crippen molar-refractivity contribution in [1.29, 1.82) is 0 Å². The Hall–Kier alpha value is 3.82. The second kappa shape index (κ2) is 7.92. The Morgan fingerprint density at radius 2 is 0.714 bits per heavy atom. The first-order valence-corrected chi connectivity index (χ1v) is 8.49. The smallest absolute Gasteiger partial charge is 1.00 e. The molecule has 38 valence electrons. The summed E-state index contributed by atoms with van der Waals surface area (Å²) in [6, 6.07) is 0. The predicted molar refractivity (Wildman–Crippen MR) is 23.4 cm³/mol. The minimum absolute atomic E-state index is 0. The van der Waals surface area contributed by atoms with Crippen LogP contribution in [0, 0.1) is 0 Å². The average Bonchev–Trinajstić information content (AvgIpc) is 0.722. The summed E-state index contributed by atoms with van der Waals surface area (Å²) in [6.45, 7) is 0. The summed E-state index contributed by atoms with van der Waals surface area (Å²) in [5.74, 6) is 0. The van der Waals surface area contributed by atoms with Gasteiger partial charge >= 0.3 is 109 Å². The van der Waals surface area contributed by atoms with Crippen LogP contribution in [0.15, 0.2) is 0 Å². The maximum absolute atomic E-state index is 4.98. The van der Waals surface area contributed by atoms with E-state index in [1.54, 1.807) is 0 Å². The molecule has 0 atom stereocenters. The molecule has 0 aromatic rings. The van der Waals surface area contributed by atoms with Crippen LogP contribution in [0.2, 0.25) is 0 Å². The summed E-state index contributed by atoms with van der Waals surface area (Å²) in [5, 5.41) is 0. The topological polar surface area (TPSA) is 0 Å². The van der Waals surface area contributed by atoms with Crippen molar-refractivity contribution in [1.82, 2.24) is 0 Å².